The molecule has 1 heterocycles. The molecular weight excluding hydrogens is 446 g/mol. The van der Waals surface area contributed by atoms with Crippen molar-refractivity contribution in [3.63, 3.8) is 0 Å². The lowest BCUT2D eigenvalue weighted by Gasteiger charge is -2.20. The minimum Gasteiger partial charge on any atom is -0.360 e. The second-order valence-corrected chi connectivity index (χ2v) is 9.56. The first kappa shape index (κ1) is 24.4. The van der Waals surface area contributed by atoms with E-state index in [1.165, 1.54) is 50.0 Å². The summed E-state index contributed by atoms with van der Waals surface area (Å²) in [6, 6.07) is 9.58. The number of sulfonamides is 1. The van der Waals surface area contributed by atoms with Crippen molar-refractivity contribution < 1.29 is 22.7 Å². The molecule has 10 heteroatoms. The third-order valence-corrected chi connectivity index (χ3v) is 7.35. The summed E-state index contributed by atoms with van der Waals surface area (Å²) < 4.78 is 37.7. The second-order valence-electron chi connectivity index (χ2n) is 7.59. The van der Waals surface area contributed by atoms with E-state index in [1.807, 2.05) is 19.9 Å². The van der Waals surface area contributed by atoms with Gasteiger partial charge in [0.2, 0.25) is 5.43 Å². The van der Waals surface area contributed by atoms with Gasteiger partial charge in [-0.3, -0.25) is 13.9 Å². The molecule has 0 aliphatic rings. The number of fused-ring (bicyclic) bond motifs is 1. The number of pyridine rings is 1. The topological polar surface area (TPSA) is 118 Å². The summed E-state index contributed by atoms with van der Waals surface area (Å²) in [7, 11) is 0.375. The highest BCUT2D eigenvalue weighted by Crippen LogP contribution is 2.25. The molecule has 2 aromatic carbocycles. The van der Waals surface area contributed by atoms with Gasteiger partial charge in [-0.1, -0.05) is 6.07 Å². The molecular formula is C23H27N3O6S. The molecule has 3 aromatic rings. The van der Waals surface area contributed by atoms with Gasteiger partial charge >= 0.3 is 0 Å². The fraction of sp³-hybridized carbons (Fsp3) is 0.304. The third kappa shape index (κ3) is 4.92. The summed E-state index contributed by atoms with van der Waals surface area (Å²) in [6.45, 7) is 3.89. The number of amides is 1. The van der Waals surface area contributed by atoms with E-state index in [0.29, 0.717) is 11.2 Å². The highest BCUT2D eigenvalue weighted by molar-refractivity contribution is 7.92. The van der Waals surface area contributed by atoms with Crippen LogP contribution in [0.1, 0.15) is 21.5 Å². The van der Waals surface area contributed by atoms with Crippen LogP contribution < -0.4 is 15.1 Å². The number of methoxy groups -OCH3 is 2. The van der Waals surface area contributed by atoms with Crippen molar-refractivity contribution in [1.82, 2.24) is 10.3 Å². The van der Waals surface area contributed by atoms with Crippen LogP contribution in [-0.4, -0.2) is 53.4 Å². The standard InChI is InChI=1S/C23H27N3O6S/c1-14-6-7-16(10-15(14)2)26(3)33(29,30)17-8-9-20-18(11-17)22(27)19(12-24-20)23(28)25-13-21(31-4)32-5/h6-12,21H,13H2,1-5H3,(H,24,27)(H,25,28). The fourth-order valence-electron chi connectivity index (χ4n) is 3.28. The van der Waals surface area contributed by atoms with E-state index in [9.17, 15) is 18.0 Å². The molecule has 0 bridgehead atoms. The van der Waals surface area contributed by atoms with E-state index in [1.54, 1.807) is 12.1 Å². The molecule has 33 heavy (non-hydrogen) atoms. The molecule has 0 saturated carbocycles. The van der Waals surface area contributed by atoms with Gasteiger partial charge in [-0.2, -0.15) is 0 Å². The maximum absolute atomic E-state index is 13.3. The number of aromatic nitrogens is 1. The number of nitrogens with one attached hydrogen (secondary N) is 2. The van der Waals surface area contributed by atoms with Gasteiger partial charge in [0.15, 0.2) is 6.29 Å². The van der Waals surface area contributed by atoms with Crippen molar-refractivity contribution in [3.8, 4) is 0 Å². The van der Waals surface area contributed by atoms with E-state index in [4.69, 9.17) is 9.47 Å². The Kier molecular flexibility index (Phi) is 7.21. The van der Waals surface area contributed by atoms with E-state index >= 15 is 0 Å². The molecule has 0 saturated heterocycles. The van der Waals surface area contributed by atoms with Gasteiger partial charge in [0.1, 0.15) is 5.56 Å². The Morgan fingerprint density at radius 3 is 2.42 bits per heavy atom. The summed E-state index contributed by atoms with van der Waals surface area (Å²) >= 11 is 0. The van der Waals surface area contributed by atoms with Crippen LogP contribution >= 0.6 is 0 Å². The molecule has 0 fully saturated rings. The van der Waals surface area contributed by atoms with E-state index < -0.39 is 27.6 Å². The zero-order valence-electron chi connectivity index (χ0n) is 19.1. The minimum absolute atomic E-state index is 0.0402. The number of hydrogen-bond acceptors (Lipinski definition) is 6. The summed E-state index contributed by atoms with van der Waals surface area (Å²) in [5.74, 6) is -0.627. The quantitative estimate of drug-likeness (QED) is 0.485. The van der Waals surface area contributed by atoms with Crippen LogP contribution in [0.2, 0.25) is 0 Å². The summed E-state index contributed by atoms with van der Waals surface area (Å²) in [5.41, 5.74) is 2.20. The molecule has 176 valence electrons. The number of anilines is 1. The lowest BCUT2D eigenvalue weighted by atomic mass is 10.1. The molecule has 0 aliphatic carbocycles. The Bertz CT molecular complexity index is 1350. The van der Waals surface area contributed by atoms with Crippen LogP contribution in [-0.2, 0) is 19.5 Å². The van der Waals surface area contributed by atoms with Crippen molar-refractivity contribution in [2.24, 2.45) is 0 Å². The molecule has 0 atom stereocenters. The van der Waals surface area contributed by atoms with Crippen LogP contribution in [0.25, 0.3) is 10.9 Å². The van der Waals surface area contributed by atoms with Crippen LogP contribution in [0.3, 0.4) is 0 Å². The Balaban J connectivity index is 1.98. The highest BCUT2D eigenvalue weighted by Gasteiger charge is 2.23. The van der Waals surface area contributed by atoms with Crippen molar-refractivity contribution in [2.75, 3.05) is 32.1 Å². The summed E-state index contributed by atoms with van der Waals surface area (Å²) in [4.78, 5) is 28.3. The van der Waals surface area contributed by atoms with Gasteiger partial charge in [0.25, 0.3) is 15.9 Å². The number of aryl methyl sites for hydroxylation is 2. The first-order valence-electron chi connectivity index (χ1n) is 10.2. The Labute approximate surface area is 192 Å². The molecule has 1 amide bonds. The van der Waals surface area contributed by atoms with Crippen LogP contribution in [0.4, 0.5) is 5.69 Å². The molecule has 0 aliphatic heterocycles. The number of aromatic amines is 1. The van der Waals surface area contributed by atoms with Gasteiger partial charge in [0.05, 0.1) is 17.1 Å². The van der Waals surface area contributed by atoms with Crippen molar-refractivity contribution >= 4 is 32.5 Å². The molecule has 0 spiro atoms. The van der Waals surface area contributed by atoms with Gasteiger partial charge in [-0.15, -0.1) is 0 Å². The number of carbonyl (C=O) groups is 1. The predicted octanol–water partition coefficient (Wildman–Crippen LogP) is 2.32. The van der Waals surface area contributed by atoms with Crippen molar-refractivity contribution in [2.45, 2.75) is 25.0 Å². The average Bonchev–Trinajstić information content (AvgIpc) is 2.81. The predicted molar refractivity (Wildman–Crippen MR) is 126 cm³/mol. The molecule has 2 N–H and O–H groups in total. The van der Waals surface area contributed by atoms with Crippen molar-refractivity contribution in [1.29, 1.82) is 0 Å². The minimum atomic E-state index is -3.94. The Hall–Kier alpha value is -3.21. The zero-order valence-corrected chi connectivity index (χ0v) is 19.9. The van der Waals surface area contributed by atoms with Gasteiger partial charge in [-0.25, -0.2) is 8.42 Å². The van der Waals surface area contributed by atoms with E-state index in [2.05, 4.69) is 10.3 Å². The Morgan fingerprint density at radius 2 is 1.79 bits per heavy atom. The lowest BCUT2D eigenvalue weighted by molar-refractivity contribution is -0.0974. The smallest absolute Gasteiger partial charge is 0.264 e. The van der Waals surface area contributed by atoms with E-state index in [-0.39, 0.29) is 22.4 Å². The molecule has 9 nitrogen and oxygen atoms in total. The number of ether oxygens (including phenoxy) is 2. The zero-order chi connectivity index (χ0) is 24.3. The van der Waals surface area contributed by atoms with Gasteiger partial charge < -0.3 is 19.8 Å². The number of H-pyrrole nitrogens is 1. The maximum Gasteiger partial charge on any atom is 0.264 e. The molecule has 0 radical (unpaired) electrons. The highest BCUT2D eigenvalue weighted by atomic mass is 32.2. The monoisotopic (exact) mass is 473 g/mol. The molecule has 1 aromatic heterocycles. The first-order chi connectivity index (χ1) is 15.6. The summed E-state index contributed by atoms with van der Waals surface area (Å²) in [5, 5.41) is 2.66. The number of benzene rings is 2. The number of hydrogen-bond donors (Lipinski definition) is 2. The largest absolute Gasteiger partial charge is 0.360 e. The van der Waals surface area contributed by atoms with Gasteiger partial charge in [-0.05, 0) is 55.3 Å². The normalized spacial score (nSPS) is 11.7. The summed E-state index contributed by atoms with van der Waals surface area (Å²) in [6.07, 6.45) is 0.635. The fourth-order valence-corrected chi connectivity index (χ4v) is 4.49. The third-order valence-electron chi connectivity index (χ3n) is 5.56. The van der Waals surface area contributed by atoms with E-state index in [0.717, 1.165) is 11.1 Å². The first-order valence-corrected chi connectivity index (χ1v) is 11.6. The van der Waals surface area contributed by atoms with Crippen LogP contribution in [0.15, 0.2) is 52.3 Å². The Morgan fingerprint density at radius 1 is 1.09 bits per heavy atom. The molecule has 0 unspecified atom stereocenters. The second kappa shape index (κ2) is 9.74. The SMILES string of the molecule is COC(CNC(=O)c1c[nH]c2ccc(S(=O)(=O)N(C)c3ccc(C)c(C)c3)cc2c1=O)OC. The van der Waals surface area contributed by atoms with Crippen LogP contribution in [0, 0.1) is 13.8 Å². The number of nitrogens with zero attached hydrogens (tertiary/aromatic N) is 1. The van der Waals surface area contributed by atoms with Crippen molar-refractivity contribution in [3.05, 3.63) is 69.5 Å². The maximum atomic E-state index is 13.3. The van der Waals surface area contributed by atoms with Gasteiger partial charge in [0, 0.05) is 38.4 Å². The van der Waals surface area contributed by atoms with Crippen LogP contribution in [0.5, 0.6) is 0 Å². The molecule has 3 rings (SSSR count). The number of rotatable bonds is 8. The lowest BCUT2D eigenvalue weighted by Crippen LogP contribution is -2.36. The average molecular weight is 474 g/mol. The number of carbonyl (C=O) groups excluding carboxylic acids is 1.